The highest BCUT2D eigenvalue weighted by Crippen LogP contribution is 2.19. The van der Waals surface area contributed by atoms with Crippen LogP contribution >= 0.6 is 12.6 Å². The van der Waals surface area contributed by atoms with Crippen LogP contribution < -0.4 is 4.74 Å². The largest absolute Gasteiger partial charge is 0.475 e. The number of thiol groups is 1. The van der Waals surface area contributed by atoms with Crippen LogP contribution in [0.15, 0.2) is 6.07 Å². The first kappa shape index (κ1) is 9.73. The second kappa shape index (κ2) is 4.14. The summed E-state index contributed by atoms with van der Waals surface area (Å²) in [5.41, 5.74) is 2.00. The lowest BCUT2D eigenvalue weighted by Crippen LogP contribution is -2.20. The molecule has 0 N–H and O–H groups in total. The van der Waals surface area contributed by atoms with Crippen LogP contribution in [-0.4, -0.2) is 35.3 Å². The summed E-state index contributed by atoms with van der Waals surface area (Å²) < 4.78 is 5.48. The second-order valence-corrected chi connectivity index (χ2v) is 3.73. The predicted octanol–water partition coefficient (Wildman–Crippen LogP) is 0.731. The Labute approximate surface area is 88.7 Å². The van der Waals surface area contributed by atoms with Crippen LogP contribution in [0.4, 0.5) is 0 Å². The minimum absolute atomic E-state index is 0.615. The van der Waals surface area contributed by atoms with E-state index in [1.165, 1.54) is 0 Å². The number of aromatic nitrogens is 2. The number of ether oxygens (including phenoxy) is 1. The summed E-state index contributed by atoms with van der Waals surface area (Å²) in [5.74, 6) is 1.28. The van der Waals surface area contributed by atoms with E-state index in [2.05, 4.69) is 34.8 Å². The highest BCUT2D eigenvalue weighted by Gasteiger charge is 2.14. The molecule has 0 saturated carbocycles. The molecule has 1 aromatic rings. The average molecular weight is 211 g/mol. The lowest BCUT2D eigenvalue weighted by molar-refractivity contribution is 0.253. The van der Waals surface area contributed by atoms with E-state index in [0.29, 0.717) is 18.2 Å². The predicted molar refractivity (Wildman–Crippen MR) is 56.6 cm³/mol. The monoisotopic (exact) mass is 211 g/mol. The zero-order chi connectivity index (χ0) is 9.97. The van der Waals surface area contributed by atoms with E-state index >= 15 is 0 Å². The maximum atomic E-state index is 5.48. The summed E-state index contributed by atoms with van der Waals surface area (Å²) in [6.45, 7) is 2.47. The number of hydrogen-bond acceptors (Lipinski definition) is 5. The van der Waals surface area contributed by atoms with Crippen LogP contribution in [0.3, 0.4) is 0 Å². The van der Waals surface area contributed by atoms with Crippen LogP contribution in [0.2, 0.25) is 0 Å². The minimum atomic E-state index is 0.615. The molecule has 0 atom stereocenters. The van der Waals surface area contributed by atoms with E-state index in [-0.39, 0.29) is 0 Å². The Balaban J connectivity index is 2.32. The smallest absolute Gasteiger partial charge is 0.238 e. The lowest BCUT2D eigenvalue weighted by atomic mass is 10.2. The van der Waals surface area contributed by atoms with Crippen molar-refractivity contribution >= 4 is 12.6 Å². The Morgan fingerprint density at radius 2 is 2.43 bits per heavy atom. The highest BCUT2D eigenvalue weighted by atomic mass is 32.1. The molecule has 1 aromatic heterocycles. The van der Waals surface area contributed by atoms with Gasteiger partial charge in [-0.25, -0.2) is 0 Å². The number of rotatable bonds is 1. The maximum Gasteiger partial charge on any atom is 0.238 e. The molecule has 1 aliphatic heterocycles. The first-order valence-electron chi connectivity index (χ1n) is 4.57. The summed E-state index contributed by atoms with van der Waals surface area (Å²) in [5, 5.41) is 8.04. The van der Waals surface area contributed by atoms with Crippen molar-refractivity contribution in [2.75, 3.05) is 20.2 Å². The Morgan fingerprint density at radius 3 is 3.21 bits per heavy atom. The molecule has 2 rings (SSSR count). The zero-order valence-electron chi connectivity index (χ0n) is 8.10. The van der Waals surface area contributed by atoms with Crippen LogP contribution in [-0.2, 0) is 12.3 Å². The maximum absolute atomic E-state index is 5.48. The van der Waals surface area contributed by atoms with E-state index in [4.69, 9.17) is 4.74 Å². The van der Waals surface area contributed by atoms with Crippen molar-refractivity contribution in [3.8, 4) is 5.88 Å². The normalized spacial score (nSPS) is 17.0. The molecule has 0 radical (unpaired) electrons. The molecular formula is C9H13N3OS. The van der Waals surface area contributed by atoms with Gasteiger partial charge in [-0.05, 0) is 13.1 Å². The fourth-order valence-corrected chi connectivity index (χ4v) is 1.60. The number of fused-ring (bicyclic) bond motifs is 1. The Kier molecular flexibility index (Phi) is 2.88. The molecule has 0 aliphatic carbocycles. The van der Waals surface area contributed by atoms with Crippen LogP contribution in [0.5, 0.6) is 5.88 Å². The van der Waals surface area contributed by atoms with Gasteiger partial charge in [-0.15, -0.1) is 5.10 Å². The summed E-state index contributed by atoms with van der Waals surface area (Å²) in [7, 11) is 2.07. The summed E-state index contributed by atoms with van der Waals surface area (Å²) in [6, 6.07) is 2.01. The first-order chi connectivity index (χ1) is 6.79. The van der Waals surface area contributed by atoms with Crippen molar-refractivity contribution in [1.29, 1.82) is 0 Å². The molecule has 0 amide bonds. The van der Waals surface area contributed by atoms with Crippen LogP contribution in [0, 0.1) is 0 Å². The van der Waals surface area contributed by atoms with Gasteiger partial charge >= 0.3 is 0 Å². The average Bonchev–Trinajstić information content (AvgIpc) is 2.37. The number of nitrogens with zero attached hydrogens (tertiary/aromatic N) is 3. The molecule has 0 unspecified atom stereocenters. The van der Waals surface area contributed by atoms with Gasteiger partial charge in [0.1, 0.15) is 6.61 Å². The molecule has 4 nitrogen and oxygen atoms in total. The van der Waals surface area contributed by atoms with Gasteiger partial charge in [-0.1, -0.05) is 0 Å². The van der Waals surface area contributed by atoms with Crippen molar-refractivity contribution in [2.24, 2.45) is 0 Å². The molecular weight excluding hydrogens is 198 g/mol. The van der Waals surface area contributed by atoms with Gasteiger partial charge in [0, 0.05) is 24.4 Å². The van der Waals surface area contributed by atoms with Gasteiger partial charge in [0.25, 0.3) is 0 Å². The SMILES string of the molecule is CN1CCOc2nnc(CS)cc2C1. The molecule has 0 bridgehead atoms. The third-order valence-corrected chi connectivity index (χ3v) is 2.52. The van der Waals surface area contributed by atoms with Crippen molar-refractivity contribution in [1.82, 2.24) is 15.1 Å². The van der Waals surface area contributed by atoms with E-state index in [1.807, 2.05) is 6.07 Å². The minimum Gasteiger partial charge on any atom is -0.475 e. The van der Waals surface area contributed by atoms with Crippen molar-refractivity contribution in [3.05, 3.63) is 17.3 Å². The summed E-state index contributed by atoms with van der Waals surface area (Å²) in [6.07, 6.45) is 0. The van der Waals surface area contributed by atoms with E-state index in [0.717, 1.165) is 24.3 Å². The van der Waals surface area contributed by atoms with Crippen LogP contribution in [0.25, 0.3) is 0 Å². The molecule has 0 aromatic carbocycles. The second-order valence-electron chi connectivity index (χ2n) is 3.41. The third kappa shape index (κ3) is 1.99. The van der Waals surface area contributed by atoms with E-state index in [1.54, 1.807) is 0 Å². The molecule has 0 saturated heterocycles. The Bertz CT molecular complexity index is 332. The molecule has 1 aliphatic rings. The topological polar surface area (TPSA) is 38.2 Å². The van der Waals surface area contributed by atoms with Gasteiger partial charge < -0.3 is 4.74 Å². The first-order valence-corrected chi connectivity index (χ1v) is 5.20. The number of likely N-dealkylation sites (N-methyl/N-ethyl adjacent to an activating group) is 1. The van der Waals surface area contributed by atoms with Crippen molar-refractivity contribution in [2.45, 2.75) is 12.3 Å². The Hall–Kier alpha value is -0.810. The van der Waals surface area contributed by atoms with E-state index < -0.39 is 0 Å². The fourth-order valence-electron chi connectivity index (χ4n) is 1.45. The van der Waals surface area contributed by atoms with Gasteiger partial charge in [0.05, 0.1) is 5.69 Å². The third-order valence-electron chi connectivity index (χ3n) is 2.20. The molecule has 76 valence electrons. The van der Waals surface area contributed by atoms with Crippen molar-refractivity contribution in [3.63, 3.8) is 0 Å². The molecule has 5 heteroatoms. The fraction of sp³-hybridized carbons (Fsp3) is 0.556. The van der Waals surface area contributed by atoms with Crippen molar-refractivity contribution < 1.29 is 4.74 Å². The standard InChI is InChI=1S/C9H13N3OS/c1-12-2-3-13-9-7(5-12)4-8(6-14)10-11-9/h4,14H,2-3,5-6H2,1H3. The number of hydrogen-bond donors (Lipinski definition) is 1. The van der Waals surface area contributed by atoms with Gasteiger partial charge in [0.15, 0.2) is 0 Å². The summed E-state index contributed by atoms with van der Waals surface area (Å²) >= 11 is 4.17. The Morgan fingerprint density at radius 1 is 1.57 bits per heavy atom. The zero-order valence-corrected chi connectivity index (χ0v) is 9.00. The van der Waals surface area contributed by atoms with Gasteiger partial charge in [-0.2, -0.15) is 17.7 Å². The van der Waals surface area contributed by atoms with Crippen LogP contribution in [0.1, 0.15) is 11.3 Å². The van der Waals surface area contributed by atoms with Gasteiger partial charge in [-0.3, -0.25) is 4.90 Å². The molecule has 0 spiro atoms. The van der Waals surface area contributed by atoms with Gasteiger partial charge in [0.2, 0.25) is 5.88 Å². The molecule has 14 heavy (non-hydrogen) atoms. The highest BCUT2D eigenvalue weighted by molar-refractivity contribution is 7.79. The molecule has 2 heterocycles. The van der Waals surface area contributed by atoms with E-state index in [9.17, 15) is 0 Å². The lowest BCUT2D eigenvalue weighted by Gasteiger charge is -2.11. The quantitative estimate of drug-likeness (QED) is 0.695. The molecule has 0 fully saturated rings. The summed E-state index contributed by atoms with van der Waals surface area (Å²) in [4.78, 5) is 2.20.